The average Bonchev–Trinajstić information content (AvgIpc) is 2.58. The standard InChI is InChI=1S/C18H19IN2O5/c1-4-24-13-7-10(6-12(19)16(13)22)15-11(8-20)17(21)26-9(3)14(15)18(23)25-5-2/h6-7,15,22H,4-5,21H2,1-3H3. The zero-order chi connectivity index (χ0) is 19.4. The zero-order valence-corrected chi connectivity index (χ0v) is 16.8. The molecule has 0 bridgehead atoms. The Labute approximate surface area is 165 Å². The van der Waals surface area contributed by atoms with E-state index in [0.29, 0.717) is 15.7 Å². The van der Waals surface area contributed by atoms with Gasteiger partial charge in [-0.2, -0.15) is 5.26 Å². The molecule has 1 aromatic rings. The van der Waals surface area contributed by atoms with E-state index in [1.54, 1.807) is 32.9 Å². The van der Waals surface area contributed by atoms with Gasteiger partial charge in [0.2, 0.25) is 5.88 Å². The lowest BCUT2D eigenvalue weighted by Gasteiger charge is -2.27. The maximum absolute atomic E-state index is 12.5. The molecule has 0 aliphatic carbocycles. The van der Waals surface area contributed by atoms with E-state index >= 15 is 0 Å². The van der Waals surface area contributed by atoms with Crippen LogP contribution in [0.5, 0.6) is 11.5 Å². The summed E-state index contributed by atoms with van der Waals surface area (Å²) in [5.41, 5.74) is 6.74. The number of phenolic OH excluding ortho intramolecular Hbond substituents is 1. The van der Waals surface area contributed by atoms with Crippen LogP contribution in [0, 0.1) is 14.9 Å². The highest BCUT2D eigenvalue weighted by Crippen LogP contribution is 2.43. The van der Waals surface area contributed by atoms with Crippen LogP contribution < -0.4 is 10.5 Å². The summed E-state index contributed by atoms with van der Waals surface area (Å²) >= 11 is 1.96. The van der Waals surface area contributed by atoms with Gasteiger partial charge in [0.15, 0.2) is 11.5 Å². The molecular weight excluding hydrogens is 451 g/mol. The monoisotopic (exact) mass is 470 g/mol. The van der Waals surface area contributed by atoms with Gasteiger partial charge in [-0.25, -0.2) is 4.79 Å². The number of phenols is 1. The van der Waals surface area contributed by atoms with Gasteiger partial charge in [0.05, 0.1) is 28.3 Å². The molecule has 3 N–H and O–H groups in total. The normalized spacial score (nSPS) is 16.8. The summed E-state index contributed by atoms with van der Waals surface area (Å²) in [5, 5.41) is 19.8. The molecule has 1 unspecified atom stereocenters. The van der Waals surface area contributed by atoms with Crippen LogP contribution in [-0.4, -0.2) is 24.3 Å². The van der Waals surface area contributed by atoms with Gasteiger partial charge in [-0.1, -0.05) is 0 Å². The molecule has 1 heterocycles. The van der Waals surface area contributed by atoms with Crippen molar-refractivity contribution in [1.82, 2.24) is 0 Å². The van der Waals surface area contributed by atoms with Gasteiger partial charge in [0.25, 0.3) is 0 Å². The molecule has 0 spiro atoms. The predicted molar refractivity (Wildman–Crippen MR) is 102 cm³/mol. The van der Waals surface area contributed by atoms with Crippen molar-refractivity contribution in [2.24, 2.45) is 5.73 Å². The smallest absolute Gasteiger partial charge is 0.338 e. The topological polar surface area (TPSA) is 115 Å². The Kier molecular flexibility index (Phi) is 6.37. The predicted octanol–water partition coefficient (Wildman–Crippen LogP) is 3.04. The highest BCUT2D eigenvalue weighted by molar-refractivity contribution is 14.1. The summed E-state index contributed by atoms with van der Waals surface area (Å²) in [7, 11) is 0. The molecule has 0 saturated heterocycles. The molecule has 26 heavy (non-hydrogen) atoms. The van der Waals surface area contributed by atoms with Crippen LogP contribution in [-0.2, 0) is 14.3 Å². The molecule has 1 aromatic carbocycles. The molecule has 8 heteroatoms. The number of hydrogen-bond donors (Lipinski definition) is 2. The molecule has 138 valence electrons. The van der Waals surface area contributed by atoms with Crippen molar-refractivity contribution >= 4 is 28.6 Å². The van der Waals surface area contributed by atoms with Gasteiger partial charge in [-0.05, 0) is 61.1 Å². The van der Waals surface area contributed by atoms with E-state index in [0.717, 1.165) is 0 Å². The van der Waals surface area contributed by atoms with E-state index in [1.165, 1.54) is 0 Å². The van der Waals surface area contributed by atoms with E-state index in [1.807, 2.05) is 28.7 Å². The number of allylic oxidation sites excluding steroid dienone is 2. The maximum Gasteiger partial charge on any atom is 0.338 e. The molecule has 0 radical (unpaired) electrons. The Morgan fingerprint density at radius 3 is 2.69 bits per heavy atom. The van der Waals surface area contributed by atoms with Crippen molar-refractivity contribution in [2.75, 3.05) is 13.2 Å². The van der Waals surface area contributed by atoms with Crippen LogP contribution in [0.15, 0.2) is 34.9 Å². The van der Waals surface area contributed by atoms with Crippen molar-refractivity contribution in [1.29, 1.82) is 5.26 Å². The van der Waals surface area contributed by atoms with Crippen LogP contribution in [0.3, 0.4) is 0 Å². The number of hydrogen-bond acceptors (Lipinski definition) is 7. The van der Waals surface area contributed by atoms with Gasteiger partial charge >= 0.3 is 5.97 Å². The maximum atomic E-state index is 12.5. The minimum atomic E-state index is -0.777. The molecule has 0 saturated carbocycles. The van der Waals surface area contributed by atoms with Crippen LogP contribution >= 0.6 is 22.6 Å². The Balaban J connectivity index is 2.69. The summed E-state index contributed by atoms with van der Waals surface area (Å²) in [5.74, 6) is -0.901. The number of aromatic hydroxyl groups is 1. The molecule has 1 aliphatic rings. The fraction of sp³-hybridized carbons (Fsp3) is 0.333. The van der Waals surface area contributed by atoms with Gasteiger partial charge in [-0.3, -0.25) is 0 Å². The van der Waals surface area contributed by atoms with Crippen molar-refractivity contribution in [3.05, 3.63) is 44.1 Å². The molecular formula is C18H19IN2O5. The van der Waals surface area contributed by atoms with E-state index in [-0.39, 0.29) is 40.9 Å². The molecule has 0 aromatic heterocycles. The van der Waals surface area contributed by atoms with Gasteiger partial charge in [-0.15, -0.1) is 0 Å². The van der Waals surface area contributed by atoms with Gasteiger partial charge in [0.1, 0.15) is 17.4 Å². The third kappa shape index (κ3) is 3.72. The van der Waals surface area contributed by atoms with Crippen LogP contribution in [0.1, 0.15) is 32.3 Å². The summed E-state index contributed by atoms with van der Waals surface area (Å²) in [6, 6.07) is 5.28. The molecule has 0 amide bonds. The first kappa shape index (κ1) is 19.9. The number of nitriles is 1. The Hall–Kier alpha value is -2.41. The van der Waals surface area contributed by atoms with E-state index < -0.39 is 11.9 Å². The van der Waals surface area contributed by atoms with Crippen molar-refractivity contribution in [3.63, 3.8) is 0 Å². The fourth-order valence-corrected chi connectivity index (χ4v) is 3.34. The third-order valence-corrected chi connectivity index (χ3v) is 4.61. The second kappa shape index (κ2) is 8.31. The fourth-order valence-electron chi connectivity index (χ4n) is 2.71. The van der Waals surface area contributed by atoms with Crippen molar-refractivity contribution in [2.45, 2.75) is 26.7 Å². The quantitative estimate of drug-likeness (QED) is 0.502. The number of rotatable bonds is 5. The molecule has 7 nitrogen and oxygen atoms in total. The zero-order valence-electron chi connectivity index (χ0n) is 14.6. The highest BCUT2D eigenvalue weighted by Gasteiger charge is 2.37. The first-order valence-electron chi connectivity index (χ1n) is 7.96. The number of ether oxygens (including phenoxy) is 3. The number of carbonyl (C=O) groups is 1. The molecule has 1 aliphatic heterocycles. The minimum absolute atomic E-state index is 0.00268. The summed E-state index contributed by atoms with van der Waals surface area (Å²) in [6.07, 6.45) is 0. The number of esters is 1. The van der Waals surface area contributed by atoms with E-state index in [4.69, 9.17) is 19.9 Å². The first-order chi connectivity index (χ1) is 12.3. The van der Waals surface area contributed by atoms with Gasteiger partial charge < -0.3 is 25.1 Å². The van der Waals surface area contributed by atoms with Gasteiger partial charge in [0, 0.05) is 0 Å². The second-order valence-corrected chi connectivity index (χ2v) is 6.56. The lowest BCUT2D eigenvalue weighted by Crippen LogP contribution is -2.25. The van der Waals surface area contributed by atoms with Crippen molar-refractivity contribution < 1.29 is 24.1 Å². The largest absolute Gasteiger partial charge is 0.504 e. The molecule has 1 atom stereocenters. The summed E-state index contributed by atoms with van der Waals surface area (Å²) in [4.78, 5) is 12.5. The number of halogens is 1. The van der Waals surface area contributed by atoms with Crippen LogP contribution in [0.2, 0.25) is 0 Å². The SMILES string of the molecule is CCOC(=O)C1=C(C)OC(N)=C(C#N)C1c1cc(I)c(O)c(OCC)c1. The first-order valence-corrected chi connectivity index (χ1v) is 9.04. The lowest BCUT2D eigenvalue weighted by atomic mass is 9.83. The van der Waals surface area contributed by atoms with E-state index in [2.05, 4.69) is 0 Å². The Morgan fingerprint density at radius 2 is 2.12 bits per heavy atom. The average molecular weight is 470 g/mol. The lowest BCUT2D eigenvalue weighted by molar-refractivity contribution is -0.139. The number of nitrogens with zero attached hydrogens (tertiary/aromatic N) is 1. The highest BCUT2D eigenvalue weighted by atomic mass is 127. The molecule has 0 fully saturated rings. The Bertz CT molecular complexity index is 839. The second-order valence-electron chi connectivity index (χ2n) is 5.40. The number of benzene rings is 1. The third-order valence-electron chi connectivity index (χ3n) is 3.78. The van der Waals surface area contributed by atoms with E-state index in [9.17, 15) is 15.2 Å². The summed E-state index contributed by atoms with van der Waals surface area (Å²) < 4.78 is 16.5. The number of nitrogens with two attached hydrogens (primary N) is 1. The van der Waals surface area contributed by atoms with Crippen molar-refractivity contribution in [3.8, 4) is 17.6 Å². The Morgan fingerprint density at radius 1 is 1.42 bits per heavy atom. The number of carbonyl (C=O) groups excluding carboxylic acids is 1. The summed E-state index contributed by atoms with van der Waals surface area (Å²) in [6.45, 7) is 5.61. The minimum Gasteiger partial charge on any atom is -0.504 e. The van der Waals surface area contributed by atoms with Crippen LogP contribution in [0.25, 0.3) is 0 Å². The van der Waals surface area contributed by atoms with Crippen LogP contribution in [0.4, 0.5) is 0 Å². The molecule has 2 rings (SSSR count).